The Balaban J connectivity index is 1.73. The summed E-state index contributed by atoms with van der Waals surface area (Å²) in [5, 5.41) is 6.69. The van der Waals surface area contributed by atoms with Crippen LogP contribution in [0.25, 0.3) is 0 Å². The molecule has 0 aromatic carbocycles. The molecule has 0 amide bonds. The van der Waals surface area contributed by atoms with Gasteiger partial charge in [0.05, 0.1) is 12.7 Å². The van der Waals surface area contributed by atoms with Crippen molar-refractivity contribution in [2.45, 2.75) is 39.8 Å². The van der Waals surface area contributed by atoms with E-state index in [9.17, 15) is 0 Å². The van der Waals surface area contributed by atoms with Gasteiger partial charge in [0, 0.05) is 52.6 Å². The molecular formula is C20H35N5O2. The van der Waals surface area contributed by atoms with Crippen molar-refractivity contribution in [3.63, 3.8) is 0 Å². The van der Waals surface area contributed by atoms with E-state index in [0.717, 1.165) is 57.7 Å². The molecule has 1 aliphatic heterocycles. The van der Waals surface area contributed by atoms with Crippen molar-refractivity contribution in [2.24, 2.45) is 10.9 Å². The van der Waals surface area contributed by atoms with Crippen molar-refractivity contribution < 1.29 is 9.47 Å². The number of rotatable bonds is 9. The van der Waals surface area contributed by atoms with Crippen LogP contribution in [0.1, 0.15) is 32.8 Å². The minimum Gasteiger partial charge on any atom is -0.381 e. The molecule has 2 rings (SSSR count). The van der Waals surface area contributed by atoms with Crippen LogP contribution in [0.15, 0.2) is 23.3 Å². The Bertz CT molecular complexity index is 579. The SMILES string of the molecule is CN=C(NCCCOCC(C)C)NCc1ccnc(N2CCOC(C)C2)c1. The first-order chi connectivity index (χ1) is 13.1. The van der Waals surface area contributed by atoms with Gasteiger partial charge in [-0.1, -0.05) is 13.8 Å². The second-order valence-electron chi connectivity index (χ2n) is 7.32. The molecule has 0 radical (unpaired) electrons. The number of ether oxygens (including phenoxy) is 2. The number of nitrogens with zero attached hydrogens (tertiary/aromatic N) is 3. The van der Waals surface area contributed by atoms with Crippen molar-refractivity contribution >= 4 is 11.8 Å². The summed E-state index contributed by atoms with van der Waals surface area (Å²) in [5.41, 5.74) is 1.18. The van der Waals surface area contributed by atoms with Gasteiger partial charge >= 0.3 is 0 Å². The maximum absolute atomic E-state index is 5.61. The van der Waals surface area contributed by atoms with E-state index in [4.69, 9.17) is 9.47 Å². The minimum atomic E-state index is 0.245. The van der Waals surface area contributed by atoms with Gasteiger partial charge < -0.3 is 25.0 Å². The molecule has 2 heterocycles. The van der Waals surface area contributed by atoms with E-state index in [1.807, 2.05) is 12.3 Å². The molecule has 0 saturated carbocycles. The highest BCUT2D eigenvalue weighted by atomic mass is 16.5. The maximum Gasteiger partial charge on any atom is 0.191 e. The van der Waals surface area contributed by atoms with Crippen LogP contribution in [0.4, 0.5) is 5.82 Å². The first-order valence-corrected chi connectivity index (χ1v) is 9.92. The highest BCUT2D eigenvalue weighted by molar-refractivity contribution is 5.79. The Morgan fingerprint density at radius 3 is 3.04 bits per heavy atom. The van der Waals surface area contributed by atoms with Gasteiger partial charge in [0.15, 0.2) is 5.96 Å². The van der Waals surface area contributed by atoms with E-state index in [1.165, 1.54) is 5.56 Å². The van der Waals surface area contributed by atoms with Gasteiger partial charge in [0.1, 0.15) is 5.82 Å². The molecule has 0 spiro atoms. The second kappa shape index (κ2) is 11.8. The van der Waals surface area contributed by atoms with Crippen LogP contribution >= 0.6 is 0 Å². The summed E-state index contributed by atoms with van der Waals surface area (Å²) in [7, 11) is 1.79. The lowest BCUT2D eigenvalue weighted by Crippen LogP contribution is -2.41. The van der Waals surface area contributed by atoms with Gasteiger partial charge in [-0.2, -0.15) is 0 Å². The van der Waals surface area contributed by atoms with Gasteiger partial charge in [-0.3, -0.25) is 4.99 Å². The summed E-state index contributed by atoms with van der Waals surface area (Å²) in [6, 6.07) is 4.17. The molecule has 0 aliphatic carbocycles. The molecule has 27 heavy (non-hydrogen) atoms. The van der Waals surface area contributed by atoms with Gasteiger partial charge in [0.2, 0.25) is 0 Å². The zero-order valence-electron chi connectivity index (χ0n) is 17.2. The molecular weight excluding hydrogens is 342 g/mol. The second-order valence-corrected chi connectivity index (χ2v) is 7.32. The number of aliphatic imine (C=N–C) groups is 1. The van der Waals surface area contributed by atoms with Crippen LogP contribution < -0.4 is 15.5 Å². The summed E-state index contributed by atoms with van der Waals surface area (Å²) in [4.78, 5) is 11.1. The van der Waals surface area contributed by atoms with E-state index in [-0.39, 0.29) is 6.10 Å². The van der Waals surface area contributed by atoms with E-state index >= 15 is 0 Å². The van der Waals surface area contributed by atoms with E-state index in [1.54, 1.807) is 7.05 Å². The Hall–Kier alpha value is -1.86. The van der Waals surface area contributed by atoms with Crippen molar-refractivity contribution in [3.8, 4) is 0 Å². The Morgan fingerprint density at radius 2 is 2.30 bits per heavy atom. The lowest BCUT2D eigenvalue weighted by molar-refractivity contribution is 0.0529. The summed E-state index contributed by atoms with van der Waals surface area (Å²) in [6.07, 6.45) is 3.08. The number of morpholine rings is 1. The fourth-order valence-electron chi connectivity index (χ4n) is 2.88. The molecule has 1 fully saturated rings. The zero-order chi connectivity index (χ0) is 19.5. The average Bonchev–Trinajstić information content (AvgIpc) is 2.67. The summed E-state index contributed by atoms with van der Waals surface area (Å²) in [6.45, 7) is 12.1. The molecule has 0 bridgehead atoms. The van der Waals surface area contributed by atoms with Crippen LogP contribution in [0.2, 0.25) is 0 Å². The Labute approximate surface area is 163 Å². The van der Waals surface area contributed by atoms with Gasteiger partial charge in [-0.25, -0.2) is 4.98 Å². The fourth-order valence-corrected chi connectivity index (χ4v) is 2.88. The van der Waals surface area contributed by atoms with Gasteiger partial charge in [-0.15, -0.1) is 0 Å². The topological polar surface area (TPSA) is 71.0 Å². The van der Waals surface area contributed by atoms with Crippen LogP contribution in [-0.2, 0) is 16.0 Å². The smallest absolute Gasteiger partial charge is 0.191 e. The largest absolute Gasteiger partial charge is 0.381 e. The molecule has 152 valence electrons. The van der Waals surface area contributed by atoms with E-state index in [0.29, 0.717) is 12.5 Å². The third kappa shape index (κ3) is 8.13. The standard InChI is InChI=1S/C20H35N5O2/c1-16(2)15-26-10-5-7-23-20(21-4)24-13-18-6-8-22-19(12-18)25-9-11-27-17(3)14-25/h6,8,12,16-17H,5,7,9-11,13-15H2,1-4H3,(H2,21,23,24). The number of guanidine groups is 1. The monoisotopic (exact) mass is 377 g/mol. The van der Waals surface area contributed by atoms with Crippen molar-refractivity contribution in [2.75, 3.05) is 51.4 Å². The van der Waals surface area contributed by atoms with Gasteiger partial charge in [0.25, 0.3) is 0 Å². The maximum atomic E-state index is 5.61. The van der Waals surface area contributed by atoms with Crippen LogP contribution in [0.3, 0.4) is 0 Å². The average molecular weight is 378 g/mol. The quantitative estimate of drug-likeness (QED) is 0.390. The zero-order valence-corrected chi connectivity index (χ0v) is 17.2. The molecule has 1 unspecified atom stereocenters. The van der Waals surface area contributed by atoms with Crippen LogP contribution in [0, 0.1) is 5.92 Å². The number of aromatic nitrogens is 1. The summed E-state index contributed by atoms with van der Waals surface area (Å²) >= 11 is 0. The molecule has 1 saturated heterocycles. The molecule has 1 aliphatic rings. The van der Waals surface area contributed by atoms with E-state index < -0.39 is 0 Å². The highest BCUT2D eigenvalue weighted by Gasteiger charge is 2.18. The first kappa shape index (κ1) is 21.4. The molecule has 2 N–H and O–H groups in total. The predicted octanol–water partition coefficient (Wildman–Crippen LogP) is 2.03. The van der Waals surface area contributed by atoms with E-state index in [2.05, 4.69) is 52.3 Å². The van der Waals surface area contributed by atoms with Crippen LogP contribution in [0.5, 0.6) is 0 Å². The lowest BCUT2D eigenvalue weighted by atomic mass is 10.2. The van der Waals surface area contributed by atoms with Crippen LogP contribution in [-0.4, -0.2) is 63.6 Å². The molecule has 1 atom stereocenters. The Kier molecular flexibility index (Phi) is 9.35. The fraction of sp³-hybridized carbons (Fsp3) is 0.700. The van der Waals surface area contributed by atoms with Gasteiger partial charge in [-0.05, 0) is 37.0 Å². The highest BCUT2D eigenvalue weighted by Crippen LogP contribution is 2.16. The molecule has 1 aromatic heterocycles. The number of hydrogen-bond acceptors (Lipinski definition) is 5. The molecule has 1 aromatic rings. The molecule has 7 nitrogen and oxygen atoms in total. The van der Waals surface area contributed by atoms with Crippen molar-refractivity contribution in [1.29, 1.82) is 0 Å². The third-order valence-corrected chi connectivity index (χ3v) is 4.27. The first-order valence-electron chi connectivity index (χ1n) is 9.92. The number of anilines is 1. The lowest BCUT2D eigenvalue weighted by Gasteiger charge is -2.32. The summed E-state index contributed by atoms with van der Waals surface area (Å²) in [5.74, 6) is 2.39. The predicted molar refractivity (Wildman–Crippen MR) is 110 cm³/mol. The summed E-state index contributed by atoms with van der Waals surface area (Å²) < 4.78 is 11.2. The normalized spacial score (nSPS) is 18.0. The van der Waals surface area contributed by atoms with Crippen molar-refractivity contribution in [1.82, 2.24) is 15.6 Å². The minimum absolute atomic E-state index is 0.245. The number of pyridine rings is 1. The van der Waals surface area contributed by atoms with Crippen molar-refractivity contribution in [3.05, 3.63) is 23.9 Å². The Morgan fingerprint density at radius 1 is 1.44 bits per heavy atom. The third-order valence-electron chi connectivity index (χ3n) is 4.27. The molecule has 7 heteroatoms. The number of nitrogens with one attached hydrogen (secondary N) is 2. The number of hydrogen-bond donors (Lipinski definition) is 2.